The molecule has 3 heteroatoms. The van der Waals surface area contributed by atoms with Crippen LogP contribution in [0.25, 0.3) is 0 Å². The topological polar surface area (TPSA) is 46.5 Å². The normalized spacial score (nSPS) is 46.0. The van der Waals surface area contributed by atoms with Crippen LogP contribution in [-0.2, 0) is 9.53 Å². The van der Waals surface area contributed by atoms with Crippen molar-refractivity contribution in [3.05, 3.63) is 11.6 Å². The highest BCUT2D eigenvalue weighted by molar-refractivity contribution is 5.66. The van der Waals surface area contributed by atoms with Crippen LogP contribution in [-0.4, -0.2) is 23.8 Å². The van der Waals surface area contributed by atoms with Gasteiger partial charge in [0.15, 0.2) is 0 Å². The Morgan fingerprint density at radius 2 is 2.00 bits per heavy atom. The SMILES string of the molecule is CC(=O)O[C@@H]1CC[C@@]2(C)[C@@H](CC[C@@H]3[C@@H]2CC[C@]2(C)C([C@@H](C)CCO)=CC[C@@H]32)C1. The second-order valence-electron chi connectivity index (χ2n) is 10.9. The highest BCUT2D eigenvalue weighted by atomic mass is 16.5. The van der Waals surface area contributed by atoms with E-state index in [4.69, 9.17) is 4.74 Å². The first-order valence-electron chi connectivity index (χ1n) is 11.8. The monoisotopic (exact) mass is 388 g/mol. The highest BCUT2D eigenvalue weighted by Gasteiger charge is 2.59. The molecule has 1 N–H and O–H groups in total. The predicted octanol–water partition coefficient (Wildman–Crippen LogP) is 5.52. The zero-order valence-electron chi connectivity index (χ0n) is 18.4. The van der Waals surface area contributed by atoms with Crippen molar-refractivity contribution in [1.29, 1.82) is 0 Å². The molecule has 0 radical (unpaired) electrons. The van der Waals surface area contributed by atoms with Gasteiger partial charge in [0, 0.05) is 13.5 Å². The van der Waals surface area contributed by atoms with Crippen LogP contribution < -0.4 is 0 Å². The maximum Gasteiger partial charge on any atom is 0.302 e. The van der Waals surface area contributed by atoms with Gasteiger partial charge in [-0.15, -0.1) is 0 Å². The van der Waals surface area contributed by atoms with Crippen molar-refractivity contribution in [2.45, 2.75) is 91.6 Å². The maximum atomic E-state index is 11.4. The number of rotatable bonds is 4. The van der Waals surface area contributed by atoms with E-state index in [-0.39, 0.29) is 12.1 Å². The van der Waals surface area contributed by atoms with Gasteiger partial charge in [-0.2, -0.15) is 0 Å². The van der Waals surface area contributed by atoms with Gasteiger partial charge >= 0.3 is 5.97 Å². The number of fused-ring (bicyclic) bond motifs is 5. The Morgan fingerprint density at radius 3 is 2.71 bits per heavy atom. The third-order valence-corrected chi connectivity index (χ3v) is 9.68. The lowest BCUT2D eigenvalue weighted by Gasteiger charge is -2.61. The smallest absolute Gasteiger partial charge is 0.302 e. The number of allylic oxidation sites excluding steroid dienone is 2. The number of hydrogen-bond acceptors (Lipinski definition) is 3. The number of ether oxygens (including phenoxy) is 1. The van der Waals surface area contributed by atoms with Crippen LogP contribution in [0.3, 0.4) is 0 Å². The van der Waals surface area contributed by atoms with E-state index in [1.165, 1.54) is 38.5 Å². The Hall–Kier alpha value is -0.830. The first-order valence-corrected chi connectivity index (χ1v) is 11.8. The minimum Gasteiger partial charge on any atom is -0.463 e. The summed E-state index contributed by atoms with van der Waals surface area (Å²) in [7, 11) is 0. The maximum absolute atomic E-state index is 11.4. The molecule has 3 fully saturated rings. The van der Waals surface area contributed by atoms with E-state index >= 15 is 0 Å². The van der Waals surface area contributed by atoms with Crippen molar-refractivity contribution < 1.29 is 14.6 Å². The largest absolute Gasteiger partial charge is 0.463 e. The van der Waals surface area contributed by atoms with Crippen molar-refractivity contribution in [2.24, 2.45) is 40.4 Å². The molecular formula is C25H40O3. The molecule has 0 heterocycles. The molecule has 0 aromatic heterocycles. The van der Waals surface area contributed by atoms with Gasteiger partial charge in [0.1, 0.15) is 6.10 Å². The van der Waals surface area contributed by atoms with E-state index in [0.29, 0.717) is 23.4 Å². The number of carbonyl (C=O) groups excluding carboxylic acids is 1. The summed E-state index contributed by atoms with van der Waals surface area (Å²) in [6.07, 6.45) is 13.5. The van der Waals surface area contributed by atoms with Crippen LogP contribution in [0.5, 0.6) is 0 Å². The van der Waals surface area contributed by atoms with Gasteiger partial charge in [0.05, 0.1) is 0 Å². The van der Waals surface area contributed by atoms with E-state index in [9.17, 15) is 9.90 Å². The van der Waals surface area contributed by atoms with Gasteiger partial charge in [0.25, 0.3) is 0 Å². The summed E-state index contributed by atoms with van der Waals surface area (Å²) in [5, 5.41) is 9.45. The standard InChI is InChI=1S/C25H40O3/c1-16(11-14-26)21-7-8-22-20-6-5-18-15-19(28-17(2)27)9-12-24(18,3)23(20)10-13-25(21,22)4/h7,16,18-20,22-23,26H,5-6,8-15H2,1-4H3/t16-,18-,19+,20-,22-,23-,24-,25+/m0/s1. The molecule has 0 spiro atoms. The lowest BCUT2D eigenvalue weighted by atomic mass is 9.44. The molecule has 0 unspecified atom stereocenters. The number of esters is 1. The summed E-state index contributed by atoms with van der Waals surface area (Å²) in [5.74, 6) is 3.61. The first-order chi connectivity index (χ1) is 13.3. The lowest BCUT2D eigenvalue weighted by molar-refractivity contribution is -0.158. The molecule has 0 saturated heterocycles. The van der Waals surface area contributed by atoms with E-state index < -0.39 is 0 Å². The summed E-state index contributed by atoms with van der Waals surface area (Å²) in [6.45, 7) is 9.27. The van der Waals surface area contributed by atoms with E-state index in [2.05, 4.69) is 26.8 Å². The molecule has 4 aliphatic carbocycles. The van der Waals surface area contributed by atoms with Gasteiger partial charge < -0.3 is 9.84 Å². The second kappa shape index (κ2) is 7.45. The molecular weight excluding hydrogens is 348 g/mol. The number of aliphatic hydroxyl groups excluding tert-OH is 1. The molecule has 4 rings (SSSR count). The molecule has 4 aliphatic rings. The third kappa shape index (κ3) is 3.16. The van der Waals surface area contributed by atoms with Crippen molar-refractivity contribution in [2.75, 3.05) is 6.61 Å². The fraction of sp³-hybridized carbons (Fsp3) is 0.880. The quantitative estimate of drug-likeness (QED) is 0.510. The lowest BCUT2D eigenvalue weighted by Crippen LogP contribution is -2.54. The van der Waals surface area contributed by atoms with Crippen molar-refractivity contribution in [3.8, 4) is 0 Å². The molecule has 0 aromatic rings. The molecule has 0 amide bonds. The van der Waals surface area contributed by atoms with Crippen molar-refractivity contribution in [1.82, 2.24) is 0 Å². The average Bonchev–Trinajstić information content (AvgIpc) is 2.99. The van der Waals surface area contributed by atoms with Crippen LogP contribution in [0.1, 0.15) is 85.5 Å². The number of carbonyl (C=O) groups is 1. The Balaban J connectivity index is 1.51. The average molecular weight is 389 g/mol. The number of aliphatic hydroxyl groups is 1. The number of hydrogen-bond donors (Lipinski definition) is 1. The Labute approximate surface area is 171 Å². The zero-order valence-corrected chi connectivity index (χ0v) is 18.4. The van der Waals surface area contributed by atoms with Gasteiger partial charge in [-0.25, -0.2) is 0 Å². The molecule has 0 aromatic carbocycles. The van der Waals surface area contributed by atoms with E-state index in [0.717, 1.165) is 42.9 Å². The van der Waals surface area contributed by atoms with Gasteiger partial charge in [-0.3, -0.25) is 4.79 Å². The van der Waals surface area contributed by atoms with Crippen molar-refractivity contribution >= 4 is 5.97 Å². The Bertz CT molecular complexity index is 640. The Kier molecular flexibility index (Phi) is 5.44. The zero-order chi connectivity index (χ0) is 20.1. The molecule has 158 valence electrons. The van der Waals surface area contributed by atoms with Gasteiger partial charge in [-0.05, 0) is 98.2 Å². The minimum atomic E-state index is -0.114. The van der Waals surface area contributed by atoms with Crippen molar-refractivity contribution in [3.63, 3.8) is 0 Å². The highest BCUT2D eigenvalue weighted by Crippen LogP contribution is 2.67. The summed E-state index contributed by atoms with van der Waals surface area (Å²) < 4.78 is 5.60. The second-order valence-corrected chi connectivity index (χ2v) is 10.9. The first kappa shape index (κ1) is 20.4. The van der Waals surface area contributed by atoms with Crippen LogP contribution >= 0.6 is 0 Å². The van der Waals surface area contributed by atoms with Crippen LogP contribution in [0.2, 0.25) is 0 Å². The molecule has 0 bridgehead atoms. The molecule has 3 saturated carbocycles. The third-order valence-electron chi connectivity index (χ3n) is 9.68. The summed E-state index contributed by atoms with van der Waals surface area (Å²) >= 11 is 0. The summed E-state index contributed by atoms with van der Waals surface area (Å²) in [5.41, 5.74) is 2.43. The van der Waals surface area contributed by atoms with Crippen LogP contribution in [0, 0.1) is 40.4 Å². The van der Waals surface area contributed by atoms with Crippen LogP contribution in [0.4, 0.5) is 0 Å². The van der Waals surface area contributed by atoms with E-state index in [1.54, 1.807) is 12.5 Å². The summed E-state index contributed by atoms with van der Waals surface area (Å²) in [6, 6.07) is 0. The van der Waals surface area contributed by atoms with Gasteiger partial charge in [-0.1, -0.05) is 32.4 Å². The molecule has 8 atom stereocenters. The van der Waals surface area contributed by atoms with E-state index in [1.807, 2.05) is 0 Å². The predicted molar refractivity (Wildman–Crippen MR) is 112 cm³/mol. The fourth-order valence-electron chi connectivity index (χ4n) is 8.27. The minimum absolute atomic E-state index is 0.114. The molecule has 3 nitrogen and oxygen atoms in total. The summed E-state index contributed by atoms with van der Waals surface area (Å²) in [4.78, 5) is 11.4. The fourth-order valence-corrected chi connectivity index (χ4v) is 8.27. The molecule has 0 aliphatic heterocycles. The Morgan fingerprint density at radius 1 is 1.21 bits per heavy atom. The van der Waals surface area contributed by atoms with Crippen LogP contribution in [0.15, 0.2) is 11.6 Å². The molecule has 28 heavy (non-hydrogen) atoms. The van der Waals surface area contributed by atoms with Gasteiger partial charge in [0.2, 0.25) is 0 Å².